The van der Waals surface area contributed by atoms with E-state index in [1.165, 1.54) is 5.56 Å². The zero-order valence-electron chi connectivity index (χ0n) is 11.4. The molecule has 4 heteroatoms. The van der Waals surface area contributed by atoms with E-state index >= 15 is 0 Å². The molecule has 0 radical (unpaired) electrons. The third kappa shape index (κ3) is 6.20. The number of nitriles is 1. The summed E-state index contributed by atoms with van der Waals surface area (Å²) in [5.41, 5.74) is 1.33. The van der Waals surface area contributed by atoms with Gasteiger partial charge in [0.15, 0.2) is 0 Å². The Kier molecular flexibility index (Phi) is 8.48. The molecule has 0 heterocycles. The summed E-state index contributed by atoms with van der Waals surface area (Å²) in [4.78, 5) is 2.30. The van der Waals surface area contributed by atoms with Crippen molar-refractivity contribution in [1.29, 1.82) is 5.26 Å². The lowest BCUT2D eigenvalue weighted by Crippen LogP contribution is -2.33. The van der Waals surface area contributed by atoms with Crippen LogP contribution in [0.2, 0.25) is 0 Å². The zero-order valence-corrected chi connectivity index (χ0v) is 13.0. The van der Waals surface area contributed by atoms with Gasteiger partial charge in [-0.1, -0.05) is 46.3 Å². The standard InChI is InChI=1S/C15H21BrN2O/c1-19-11-10-18(9-5-8-17)13-15(12-16)14-6-3-2-4-7-14/h2-4,6-7,15H,5,9-13H2,1H3. The maximum atomic E-state index is 8.73. The number of alkyl halides is 1. The third-order valence-corrected chi connectivity index (χ3v) is 3.87. The fourth-order valence-electron chi connectivity index (χ4n) is 2.00. The molecule has 1 aromatic rings. The highest BCUT2D eigenvalue weighted by Gasteiger charge is 2.14. The van der Waals surface area contributed by atoms with E-state index in [4.69, 9.17) is 10.00 Å². The van der Waals surface area contributed by atoms with Crippen LogP contribution >= 0.6 is 15.9 Å². The Labute approximate surface area is 124 Å². The molecule has 0 saturated carbocycles. The smallest absolute Gasteiger partial charge is 0.0635 e. The molecule has 0 fully saturated rings. The first-order valence-electron chi connectivity index (χ1n) is 6.51. The van der Waals surface area contributed by atoms with Crippen molar-refractivity contribution >= 4 is 15.9 Å². The summed E-state index contributed by atoms with van der Waals surface area (Å²) in [5.74, 6) is 0.441. The lowest BCUT2D eigenvalue weighted by molar-refractivity contribution is 0.146. The summed E-state index contributed by atoms with van der Waals surface area (Å²) in [6.07, 6.45) is 0.563. The van der Waals surface area contributed by atoms with Crippen molar-refractivity contribution in [3.63, 3.8) is 0 Å². The summed E-state index contributed by atoms with van der Waals surface area (Å²) >= 11 is 3.59. The number of hydrogen-bond acceptors (Lipinski definition) is 3. The number of benzene rings is 1. The van der Waals surface area contributed by atoms with Crippen LogP contribution in [0.1, 0.15) is 17.9 Å². The number of rotatable bonds is 9. The number of nitrogens with zero attached hydrogens (tertiary/aromatic N) is 2. The van der Waals surface area contributed by atoms with Gasteiger partial charge in [0.1, 0.15) is 0 Å². The van der Waals surface area contributed by atoms with E-state index in [1.807, 2.05) is 6.07 Å². The van der Waals surface area contributed by atoms with E-state index in [0.29, 0.717) is 18.9 Å². The fourth-order valence-corrected chi connectivity index (χ4v) is 2.58. The van der Waals surface area contributed by atoms with Crippen molar-refractivity contribution in [2.75, 3.05) is 38.7 Å². The van der Waals surface area contributed by atoms with Crippen molar-refractivity contribution in [2.45, 2.75) is 12.3 Å². The molecule has 0 aliphatic carbocycles. The molecule has 1 rings (SSSR count). The highest BCUT2D eigenvalue weighted by atomic mass is 79.9. The Bertz CT molecular complexity index is 377. The van der Waals surface area contributed by atoms with Gasteiger partial charge < -0.3 is 4.74 Å². The van der Waals surface area contributed by atoms with Crippen LogP contribution in [0.3, 0.4) is 0 Å². The molecule has 0 spiro atoms. The lowest BCUT2D eigenvalue weighted by atomic mass is 10.0. The van der Waals surface area contributed by atoms with Crippen molar-refractivity contribution < 1.29 is 4.74 Å². The molecule has 0 N–H and O–H groups in total. The van der Waals surface area contributed by atoms with Gasteiger partial charge in [0.25, 0.3) is 0 Å². The molecule has 0 aliphatic rings. The predicted octanol–water partition coefficient (Wildman–Crippen LogP) is 3.03. The summed E-state index contributed by atoms with van der Waals surface area (Å²) in [6, 6.07) is 12.7. The number of ether oxygens (including phenoxy) is 1. The average molecular weight is 325 g/mol. The van der Waals surface area contributed by atoms with Crippen LogP contribution in [0.5, 0.6) is 0 Å². The topological polar surface area (TPSA) is 36.3 Å². The number of methoxy groups -OCH3 is 1. The molecule has 1 aromatic carbocycles. The van der Waals surface area contributed by atoms with Gasteiger partial charge in [0.05, 0.1) is 12.7 Å². The largest absolute Gasteiger partial charge is 0.383 e. The second-order valence-electron chi connectivity index (χ2n) is 4.46. The van der Waals surface area contributed by atoms with Gasteiger partial charge in [-0.2, -0.15) is 5.26 Å². The molecule has 0 saturated heterocycles. The minimum Gasteiger partial charge on any atom is -0.383 e. The van der Waals surface area contributed by atoms with Gasteiger partial charge in [-0.25, -0.2) is 0 Å². The molecule has 0 amide bonds. The van der Waals surface area contributed by atoms with Crippen LogP contribution in [-0.4, -0.2) is 43.6 Å². The molecule has 104 valence electrons. The fraction of sp³-hybridized carbons (Fsp3) is 0.533. The monoisotopic (exact) mass is 324 g/mol. The van der Waals surface area contributed by atoms with Gasteiger partial charge in [0, 0.05) is 44.4 Å². The quantitative estimate of drug-likeness (QED) is 0.655. The predicted molar refractivity (Wildman–Crippen MR) is 81.5 cm³/mol. The van der Waals surface area contributed by atoms with Crippen molar-refractivity contribution in [1.82, 2.24) is 4.90 Å². The first kappa shape index (κ1) is 16.2. The Morgan fingerprint density at radius 1 is 1.32 bits per heavy atom. The van der Waals surface area contributed by atoms with E-state index in [-0.39, 0.29) is 0 Å². The zero-order chi connectivity index (χ0) is 13.9. The van der Waals surface area contributed by atoms with Crippen LogP contribution in [0.25, 0.3) is 0 Å². The first-order chi connectivity index (χ1) is 9.31. The second-order valence-corrected chi connectivity index (χ2v) is 5.11. The minimum absolute atomic E-state index is 0.441. The van der Waals surface area contributed by atoms with Crippen LogP contribution in [0.15, 0.2) is 30.3 Å². The van der Waals surface area contributed by atoms with Crippen molar-refractivity contribution in [2.24, 2.45) is 0 Å². The molecular formula is C15H21BrN2O. The maximum Gasteiger partial charge on any atom is 0.0635 e. The lowest BCUT2D eigenvalue weighted by Gasteiger charge is -2.26. The van der Waals surface area contributed by atoms with Gasteiger partial charge in [-0.3, -0.25) is 4.90 Å². The molecule has 19 heavy (non-hydrogen) atoms. The number of hydrogen-bond donors (Lipinski definition) is 0. The van der Waals surface area contributed by atoms with Crippen molar-refractivity contribution in [3.8, 4) is 6.07 Å². The molecule has 1 atom stereocenters. The second kappa shape index (κ2) is 9.96. The summed E-state index contributed by atoms with van der Waals surface area (Å²) < 4.78 is 5.14. The molecule has 1 unspecified atom stereocenters. The maximum absolute atomic E-state index is 8.73. The Balaban J connectivity index is 2.61. The Morgan fingerprint density at radius 2 is 2.05 bits per heavy atom. The highest BCUT2D eigenvalue weighted by Crippen LogP contribution is 2.19. The summed E-state index contributed by atoms with van der Waals surface area (Å²) in [6.45, 7) is 3.32. The molecular weight excluding hydrogens is 304 g/mol. The van der Waals surface area contributed by atoms with Crippen LogP contribution in [-0.2, 0) is 4.74 Å². The van der Waals surface area contributed by atoms with Crippen LogP contribution in [0.4, 0.5) is 0 Å². The van der Waals surface area contributed by atoms with E-state index in [1.54, 1.807) is 7.11 Å². The van der Waals surface area contributed by atoms with Crippen LogP contribution < -0.4 is 0 Å². The van der Waals surface area contributed by atoms with Gasteiger partial charge in [-0.15, -0.1) is 0 Å². The van der Waals surface area contributed by atoms with Gasteiger partial charge in [-0.05, 0) is 5.56 Å². The first-order valence-corrected chi connectivity index (χ1v) is 7.63. The molecule has 3 nitrogen and oxygen atoms in total. The Hall–Kier alpha value is -0.890. The Morgan fingerprint density at radius 3 is 2.63 bits per heavy atom. The summed E-state index contributed by atoms with van der Waals surface area (Å²) in [5, 5.41) is 9.66. The normalized spacial score (nSPS) is 12.3. The molecule has 0 bridgehead atoms. The van der Waals surface area contributed by atoms with E-state index < -0.39 is 0 Å². The highest BCUT2D eigenvalue weighted by molar-refractivity contribution is 9.09. The van der Waals surface area contributed by atoms with Gasteiger partial charge in [0.2, 0.25) is 0 Å². The van der Waals surface area contributed by atoms with Crippen LogP contribution in [0, 0.1) is 11.3 Å². The summed E-state index contributed by atoms with van der Waals surface area (Å²) in [7, 11) is 1.71. The SMILES string of the molecule is COCCN(CCC#N)CC(CBr)c1ccccc1. The van der Waals surface area contributed by atoms with Crippen molar-refractivity contribution in [3.05, 3.63) is 35.9 Å². The van der Waals surface area contributed by atoms with Gasteiger partial charge >= 0.3 is 0 Å². The number of halogens is 1. The molecule has 0 aromatic heterocycles. The van der Waals surface area contributed by atoms with E-state index in [9.17, 15) is 0 Å². The van der Waals surface area contributed by atoms with E-state index in [2.05, 4.69) is 51.2 Å². The average Bonchev–Trinajstić information content (AvgIpc) is 2.47. The molecule has 0 aliphatic heterocycles. The van der Waals surface area contributed by atoms with E-state index in [0.717, 1.165) is 25.0 Å². The minimum atomic E-state index is 0.441. The third-order valence-electron chi connectivity index (χ3n) is 3.09.